The number of benzene rings is 1. The summed E-state index contributed by atoms with van der Waals surface area (Å²) in [5.41, 5.74) is 6.66. The van der Waals surface area contributed by atoms with Gasteiger partial charge in [0.1, 0.15) is 5.75 Å². The minimum Gasteiger partial charge on any atom is -0.497 e. The molecule has 0 radical (unpaired) electrons. The van der Waals surface area contributed by atoms with E-state index in [1.54, 1.807) is 7.11 Å². The summed E-state index contributed by atoms with van der Waals surface area (Å²) in [5, 5.41) is 3.02. The Hall–Kier alpha value is -1.55. The molecule has 1 fully saturated rings. The molecule has 0 saturated heterocycles. The number of hydrogen-bond acceptors (Lipinski definition) is 3. The van der Waals surface area contributed by atoms with Gasteiger partial charge in [-0.05, 0) is 42.9 Å². The molecule has 3 N–H and O–H groups in total. The summed E-state index contributed by atoms with van der Waals surface area (Å²) in [6.07, 6.45) is 2.65. The third kappa shape index (κ3) is 3.12. The zero-order valence-corrected chi connectivity index (χ0v) is 12.3. The van der Waals surface area contributed by atoms with E-state index >= 15 is 0 Å². The second kappa shape index (κ2) is 6.27. The Balaban J connectivity index is 1.79. The second-order valence-corrected chi connectivity index (χ2v) is 5.85. The average molecular weight is 276 g/mol. The molecule has 1 aliphatic carbocycles. The van der Waals surface area contributed by atoms with Gasteiger partial charge in [-0.3, -0.25) is 4.79 Å². The molecule has 0 unspecified atom stereocenters. The van der Waals surface area contributed by atoms with E-state index in [9.17, 15) is 4.79 Å². The summed E-state index contributed by atoms with van der Waals surface area (Å²) in [7, 11) is 1.65. The van der Waals surface area contributed by atoms with E-state index in [4.69, 9.17) is 10.5 Å². The zero-order chi connectivity index (χ0) is 14.6. The van der Waals surface area contributed by atoms with Gasteiger partial charge in [-0.25, -0.2) is 0 Å². The van der Waals surface area contributed by atoms with Gasteiger partial charge in [-0.1, -0.05) is 19.1 Å². The highest BCUT2D eigenvalue weighted by Gasteiger charge is 2.46. The number of nitrogens with two attached hydrogens (primary N) is 1. The molecular formula is C16H24N2O2. The molecule has 0 aromatic heterocycles. The molecular weight excluding hydrogens is 252 g/mol. The largest absolute Gasteiger partial charge is 0.497 e. The van der Waals surface area contributed by atoms with Crippen LogP contribution in [0.15, 0.2) is 24.3 Å². The Morgan fingerprint density at radius 1 is 1.40 bits per heavy atom. The molecule has 0 aliphatic heterocycles. The highest BCUT2D eigenvalue weighted by Crippen LogP contribution is 2.44. The van der Waals surface area contributed by atoms with Gasteiger partial charge in [0.2, 0.25) is 5.91 Å². The first-order valence-electron chi connectivity index (χ1n) is 7.21. The lowest BCUT2D eigenvalue weighted by molar-refractivity contribution is -0.138. The molecule has 0 atom stereocenters. The van der Waals surface area contributed by atoms with Gasteiger partial charge >= 0.3 is 0 Å². The topological polar surface area (TPSA) is 64.3 Å². The molecule has 0 bridgehead atoms. The molecule has 1 aromatic carbocycles. The molecule has 4 heteroatoms. The van der Waals surface area contributed by atoms with Gasteiger partial charge in [0.25, 0.3) is 0 Å². The minimum absolute atomic E-state index is 0.117. The van der Waals surface area contributed by atoms with Crippen molar-refractivity contribution in [1.29, 1.82) is 0 Å². The van der Waals surface area contributed by atoms with Crippen LogP contribution in [0.2, 0.25) is 0 Å². The Morgan fingerprint density at radius 3 is 2.55 bits per heavy atom. The van der Waals surface area contributed by atoms with Crippen LogP contribution in [0.4, 0.5) is 0 Å². The Bertz CT molecular complexity index is 450. The fourth-order valence-electron chi connectivity index (χ4n) is 3.02. The van der Waals surface area contributed by atoms with Crippen molar-refractivity contribution in [1.82, 2.24) is 5.32 Å². The van der Waals surface area contributed by atoms with Crippen LogP contribution in [-0.4, -0.2) is 26.1 Å². The van der Waals surface area contributed by atoms with E-state index in [0.29, 0.717) is 19.0 Å². The highest BCUT2D eigenvalue weighted by atomic mass is 16.5. The van der Waals surface area contributed by atoms with Crippen molar-refractivity contribution in [3.05, 3.63) is 29.8 Å². The fourth-order valence-corrected chi connectivity index (χ4v) is 3.02. The summed E-state index contributed by atoms with van der Waals surface area (Å²) in [6.45, 7) is 3.27. The van der Waals surface area contributed by atoms with Crippen LogP contribution in [0.1, 0.15) is 25.3 Å². The standard InChI is InChI=1S/C16H24N2O2/c1-12-9-16(10-12,11-17)15(19)18-8-7-13-3-5-14(20-2)6-4-13/h3-6,12H,7-11,17H2,1-2H3,(H,18,19). The predicted octanol–water partition coefficient (Wildman–Crippen LogP) is 1.73. The van der Waals surface area contributed by atoms with E-state index in [0.717, 1.165) is 25.0 Å². The molecule has 1 aromatic rings. The first-order chi connectivity index (χ1) is 9.59. The average Bonchev–Trinajstić information content (AvgIpc) is 2.44. The van der Waals surface area contributed by atoms with Crippen molar-refractivity contribution >= 4 is 5.91 Å². The SMILES string of the molecule is COc1ccc(CCNC(=O)C2(CN)CC(C)C2)cc1. The molecule has 4 nitrogen and oxygen atoms in total. The van der Waals surface area contributed by atoms with E-state index in [2.05, 4.69) is 12.2 Å². The van der Waals surface area contributed by atoms with E-state index < -0.39 is 0 Å². The number of amides is 1. The van der Waals surface area contributed by atoms with Crippen LogP contribution in [0.3, 0.4) is 0 Å². The van der Waals surface area contributed by atoms with Crippen molar-refractivity contribution < 1.29 is 9.53 Å². The lowest BCUT2D eigenvalue weighted by Crippen LogP contribution is -2.53. The predicted molar refractivity (Wildman–Crippen MR) is 79.6 cm³/mol. The second-order valence-electron chi connectivity index (χ2n) is 5.85. The Labute approximate surface area is 120 Å². The zero-order valence-electron chi connectivity index (χ0n) is 12.3. The molecule has 0 spiro atoms. The molecule has 1 saturated carbocycles. The van der Waals surface area contributed by atoms with E-state index in [1.807, 2.05) is 24.3 Å². The quantitative estimate of drug-likeness (QED) is 0.831. The Kier molecular flexibility index (Phi) is 4.65. The van der Waals surface area contributed by atoms with Crippen LogP contribution in [0.25, 0.3) is 0 Å². The number of carbonyl (C=O) groups is 1. The monoisotopic (exact) mass is 276 g/mol. The van der Waals surface area contributed by atoms with Crippen molar-refractivity contribution in [2.45, 2.75) is 26.2 Å². The number of hydrogen-bond donors (Lipinski definition) is 2. The first kappa shape index (κ1) is 14.9. The molecule has 0 heterocycles. The van der Waals surface area contributed by atoms with Gasteiger partial charge in [0, 0.05) is 13.1 Å². The third-order valence-corrected chi connectivity index (χ3v) is 4.21. The normalized spacial score (nSPS) is 24.9. The van der Waals surface area contributed by atoms with Gasteiger partial charge in [-0.15, -0.1) is 0 Å². The van der Waals surface area contributed by atoms with Crippen LogP contribution >= 0.6 is 0 Å². The summed E-state index contributed by atoms with van der Waals surface area (Å²) in [4.78, 5) is 12.2. The maximum atomic E-state index is 12.2. The number of ether oxygens (including phenoxy) is 1. The van der Waals surface area contributed by atoms with Crippen molar-refractivity contribution in [3.8, 4) is 5.75 Å². The van der Waals surface area contributed by atoms with Crippen molar-refractivity contribution in [3.63, 3.8) is 0 Å². The Morgan fingerprint density at radius 2 is 2.05 bits per heavy atom. The van der Waals surface area contributed by atoms with Gasteiger partial charge < -0.3 is 15.8 Å². The summed E-state index contributed by atoms with van der Waals surface area (Å²) in [6, 6.07) is 7.92. The highest BCUT2D eigenvalue weighted by molar-refractivity contribution is 5.83. The molecule has 2 rings (SSSR count). The number of nitrogens with one attached hydrogen (secondary N) is 1. The van der Waals surface area contributed by atoms with Crippen LogP contribution in [-0.2, 0) is 11.2 Å². The van der Waals surface area contributed by atoms with E-state index in [-0.39, 0.29) is 11.3 Å². The summed E-state index contributed by atoms with van der Waals surface area (Å²) in [5.74, 6) is 1.58. The fraction of sp³-hybridized carbons (Fsp3) is 0.562. The number of methoxy groups -OCH3 is 1. The minimum atomic E-state index is -0.306. The first-order valence-corrected chi connectivity index (χ1v) is 7.21. The maximum Gasteiger partial charge on any atom is 0.227 e. The van der Waals surface area contributed by atoms with Gasteiger partial charge in [0.15, 0.2) is 0 Å². The molecule has 1 aliphatic rings. The number of rotatable bonds is 6. The molecule has 20 heavy (non-hydrogen) atoms. The maximum absolute atomic E-state index is 12.2. The van der Waals surface area contributed by atoms with E-state index in [1.165, 1.54) is 5.56 Å². The summed E-state index contributed by atoms with van der Waals surface area (Å²) >= 11 is 0. The van der Waals surface area contributed by atoms with Crippen LogP contribution < -0.4 is 15.8 Å². The van der Waals surface area contributed by atoms with Gasteiger partial charge in [0.05, 0.1) is 12.5 Å². The van der Waals surface area contributed by atoms with Crippen LogP contribution in [0, 0.1) is 11.3 Å². The van der Waals surface area contributed by atoms with Crippen LogP contribution in [0.5, 0.6) is 5.75 Å². The third-order valence-electron chi connectivity index (χ3n) is 4.21. The lowest BCUT2D eigenvalue weighted by Gasteiger charge is -2.44. The lowest BCUT2D eigenvalue weighted by atomic mass is 9.62. The van der Waals surface area contributed by atoms with Crippen molar-refractivity contribution in [2.75, 3.05) is 20.2 Å². The van der Waals surface area contributed by atoms with Crippen molar-refractivity contribution in [2.24, 2.45) is 17.1 Å². The number of carbonyl (C=O) groups excluding carboxylic acids is 1. The summed E-state index contributed by atoms with van der Waals surface area (Å²) < 4.78 is 5.12. The molecule has 1 amide bonds. The smallest absolute Gasteiger partial charge is 0.227 e. The molecule has 110 valence electrons. The van der Waals surface area contributed by atoms with Gasteiger partial charge in [-0.2, -0.15) is 0 Å².